The van der Waals surface area contributed by atoms with Gasteiger partial charge in [-0.2, -0.15) is 0 Å². The summed E-state index contributed by atoms with van der Waals surface area (Å²) in [6, 6.07) is 1.90. The van der Waals surface area contributed by atoms with Crippen molar-refractivity contribution in [2.45, 2.75) is 26.2 Å². The fraction of sp³-hybridized carbons (Fsp3) is 0.400. The van der Waals surface area contributed by atoms with E-state index in [0.29, 0.717) is 5.82 Å². The first-order chi connectivity index (χ1) is 6.81. The Kier molecular flexibility index (Phi) is 2.35. The zero-order valence-corrected chi connectivity index (χ0v) is 8.25. The van der Waals surface area contributed by atoms with Gasteiger partial charge in [-0.25, -0.2) is 9.97 Å². The van der Waals surface area contributed by atoms with E-state index in [1.54, 1.807) is 0 Å². The van der Waals surface area contributed by atoms with Crippen molar-refractivity contribution in [2.24, 2.45) is 0 Å². The van der Waals surface area contributed by atoms with Gasteiger partial charge in [0.25, 0.3) is 0 Å². The van der Waals surface area contributed by atoms with Gasteiger partial charge in [-0.05, 0) is 12.5 Å². The summed E-state index contributed by atoms with van der Waals surface area (Å²) < 4.78 is 0. The minimum atomic E-state index is 0.572. The normalized spacial score (nSPS) is 10.9. The second kappa shape index (κ2) is 3.65. The van der Waals surface area contributed by atoms with Gasteiger partial charge in [0.2, 0.25) is 0 Å². The minimum Gasteiger partial charge on any atom is -0.383 e. The van der Waals surface area contributed by atoms with Crippen LogP contribution in [0.15, 0.2) is 12.3 Å². The number of rotatable bonds is 3. The highest BCUT2D eigenvalue weighted by Gasteiger charge is 2.04. The molecule has 74 valence electrons. The number of fused-ring (bicyclic) bond motifs is 1. The molecule has 0 amide bonds. The van der Waals surface area contributed by atoms with Crippen LogP contribution < -0.4 is 5.73 Å². The van der Waals surface area contributed by atoms with Crippen LogP contribution in [0, 0.1) is 0 Å². The third kappa shape index (κ3) is 1.55. The van der Waals surface area contributed by atoms with Crippen molar-refractivity contribution in [3.63, 3.8) is 0 Å². The molecule has 0 unspecified atom stereocenters. The van der Waals surface area contributed by atoms with Crippen molar-refractivity contribution in [2.75, 3.05) is 5.73 Å². The number of unbranched alkanes of at least 4 members (excludes halogenated alkanes) is 1. The fourth-order valence-electron chi connectivity index (χ4n) is 1.46. The molecule has 2 aromatic heterocycles. The van der Waals surface area contributed by atoms with Gasteiger partial charge in [0.15, 0.2) is 0 Å². The number of aryl methyl sites for hydroxylation is 1. The summed E-state index contributed by atoms with van der Waals surface area (Å²) in [6.07, 6.45) is 4.98. The zero-order chi connectivity index (χ0) is 9.97. The number of nitrogens with zero attached hydrogens (tertiary/aromatic N) is 2. The molecule has 2 rings (SSSR count). The molecule has 0 saturated heterocycles. The van der Waals surface area contributed by atoms with Crippen LogP contribution in [0.2, 0.25) is 0 Å². The predicted octanol–water partition coefficient (Wildman–Crippen LogP) is 1.88. The first-order valence-corrected chi connectivity index (χ1v) is 4.90. The first kappa shape index (κ1) is 8.99. The number of hydrogen-bond donors (Lipinski definition) is 2. The van der Waals surface area contributed by atoms with Crippen LogP contribution in [-0.4, -0.2) is 15.0 Å². The number of H-pyrrole nitrogens is 1. The number of aromatic nitrogens is 3. The molecule has 0 fully saturated rings. The summed E-state index contributed by atoms with van der Waals surface area (Å²) >= 11 is 0. The lowest BCUT2D eigenvalue weighted by atomic mass is 10.2. The Morgan fingerprint density at radius 2 is 2.29 bits per heavy atom. The van der Waals surface area contributed by atoms with Crippen LogP contribution in [0.4, 0.5) is 5.82 Å². The Morgan fingerprint density at radius 1 is 1.43 bits per heavy atom. The molecule has 0 atom stereocenters. The average molecular weight is 190 g/mol. The molecule has 0 aliphatic carbocycles. The molecular weight excluding hydrogens is 176 g/mol. The van der Waals surface area contributed by atoms with E-state index in [9.17, 15) is 0 Å². The van der Waals surface area contributed by atoms with E-state index in [-0.39, 0.29) is 0 Å². The maximum Gasteiger partial charge on any atom is 0.143 e. The Morgan fingerprint density at radius 3 is 3.07 bits per heavy atom. The van der Waals surface area contributed by atoms with Crippen molar-refractivity contribution in [3.8, 4) is 0 Å². The highest BCUT2D eigenvalue weighted by Crippen LogP contribution is 2.16. The van der Waals surface area contributed by atoms with E-state index in [2.05, 4.69) is 21.9 Å². The Hall–Kier alpha value is -1.58. The molecule has 0 aliphatic heterocycles. The monoisotopic (exact) mass is 190 g/mol. The van der Waals surface area contributed by atoms with E-state index in [1.165, 1.54) is 0 Å². The van der Waals surface area contributed by atoms with Gasteiger partial charge in [0.1, 0.15) is 17.3 Å². The largest absolute Gasteiger partial charge is 0.383 e. The van der Waals surface area contributed by atoms with Crippen LogP contribution in [0.25, 0.3) is 11.0 Å². The quantitative estimate of drug-likeness (QED) is 0.776. The van der Waals surface area contributed by atoms with Gasteiger partial charge in [-0.1, -0.05) is 13.3 Å². The van der Waals surface area contributed by atoms with Gasteiger partial charge in [0, 0.05) is 12.6 Å². The van der Waals surface area contributed by atoms with E-state index < -0.39 is 0 Å². The summed E-state index contributed by atoms with van der Waals surface area (Å²) in [7, 11) is 0. The Balaban J connectivity index is 2.38. The summed E-state index contributed by atoms with van der Waals surface area (Å²) in [5, 5.41) is 0.908. The summed E-state index contributed by atoms with van der Waals surface area (Å²) in [5.41, 5.74) is 6.64. The number of nitrogens with two attached hydrogens (primary N) is 1. The maximum atomic E-state index is 5.80. The van der Waals surface area contributed by atoms with E-state index in [4.69, 9.17) is 5.73 Å². The summed E-state index contributed by atoms with van der Waals surface area (Å²) in [5.74, 6) is 1.40. The molecule has 4 nitrogen and oxygen atoms in total. The zero-order valence-electron chi connectivity index (χ0n) is 8.25. The second-order valence-corrected chi connectivity index (χ2v) is 3.37. The molecular formula is C10H14N4. The molecule has 14 heavy (non-hydrogen) atoms. The van der Waals surface area contributed by atoms with Crippen LogP contribution in [-0.2, 0) is 6.42 Å². The maximum absolute atomic E-state index is 5.80. The molecule has 0 bridgehead atoms. The van der Waals surface area contributed by atoms with Gasteiger partial charge in [-0.3, -0.25) is 0 Å². The van der Waals surface area contributed by atoms with Crippen molar-refractivity contribution >= 4 is 16.9 Å². The first-order valence-electron chi connectivity index (χ1n) is 4.90. The summed E-state index contributed by atoms with van der Waals surface area (Å²) in [6.45, 7) is 2.15. The Bertz CT molecular complexity index is 433. The van der Waals surface area contributed by atoms with Crippen molar-refractivity contribution in [1.82, 2.24) is 15.0 Å². The predicted molar refractivity (Wildman–Crippen MR) is 56.9 cm³/mol. The van der Waals surface area contributed by atoms with Crippen molar-refractivity contribution < 1.29 is 0 Å². The molecule has 4 heteroatoms. The third-order valence-electron chi connectivity index (χ3n) is 2.25. The highest BCUT2D eigenvalue weighted by molar-refractivity contribution is 5.85. The fourth-order valence-corrected chi connectivity index (χ4v) is 1.46. The van der Waals surface area contributed by atoms with E-state index in [1.807, 2.05) is 12.3 Å². The molecule has 0 aromatic carbocycles. The molecule has 0 spiro atoms. The van der Waals surface area contributed by atoms with Gasteiger partial charge in [0.05, 0.1) is 5.39 Å². The topological polar surface area (TPSA) is 67.6 Å². The molecule has 2 heterocycles. The molecule has 2 aromatic rings. The average Bonchev–Trinajstić information content (AvgIpc) is 2.63. The SMILES string of the molecule is CCCCc1nc(N)c2cc[nH]c2n1. The third-order valence-corrected chi connectivity index (χ3v) is 2.25. The number of hydrogen-bond acceptors (Lipinski definition) is 3. The number of nitrogens with one attached hydrogen (secondary N) is 1. The lowest BCUT2D eigenvalue weighted by Crippen LogP contribution is -2.00. The summed E-state index contributed by atoms with van der Waals surface area (Å²) in [4.78, 5) is 11.7. The molecule has 0 radical (unpaired) electrons. The van der Waals surface area contributed by atoms with Crippen LogP contribution >= 0.6 is 0 Å². The standard InChI is InChI=1S/C10H14N4/c1-2-3-4-8-13-9(11)7-5-6-12-10(7)14-8/h5-6H,2-4H2,1H3,(H3,11,12,13,14). The Labute approximate surface area is 82.6 Å². The van der Waals surface area contributed by atoms with Gasteiger partial charge >= 0.3 is 0 Å². The lowest BCUT2D eigenvalue weighted by Gasteiger charge is -2.00. The van der Waals surface area contributed by atoms with Gasteiger partial charge in [-0.15, -0.1) is 0 Å². The number of anilines is 1. The van der Waals surface area contributed by atoms with Crippen LogP contribution in [0.5, 0.6) is 0 Å². The van der Waals surface area contributed by atoms with Gasteiger partial charge < -0.3 is 10.7 Å². The molecule has 0 saturated carbocycles. The second-order valence-electron chi connectivity index (χ2n) is 3.37. The van der Waals surface area contributed by atoms with Crippen molar-refractivity contribution in [3.05, 3.63) is 18.1 Å². The van der Waals surface area contributed by atoms with Crippen LogP contribution in [0.1, 0.15) is 25.6 Å². The van der Waals surface area contributed by atoms with E-state index >= 15 is 0 Å². The van der Waals surface area contributed by atoms with Crippen LogP contribution in [0.3, 0.4) is 0 Å². The molecule has 0 aliphatic rings. The highest BCUT2D eigenvalue weighted by atomic mass is 15.0. The lowest BCUT2D eigenvalue weighted by molar-refractivity contribution is 0.757. The van der Waals surface area contributed by atoms with E-state index in [0.717, 1.165) is 36.1 Å². The number of nitrogen functional groups attached to an aromatic ring is 1. The minimum absolute atomic E-state index is 0.572. The smallest absolute Gasteiger partial charge is 0.143 e. The molecule has 3 N–H and O–H groups in total. The van der Waals surface area contributed by atoms with Crippen molar-refractivity contribution in [1.29, 1.82) is 0 Å². The number of aromatic amines is 1.